The Labute approximate surface area is 96.8 Å². The summed E-state index contributed by atoms with van der Waals surface area (Å²) in [6, 6.07) is 0. The second-order valence-corrected chi connectivity index (χ2v) is 3.52. The monoisotopic (exact) mass is 249 g/mol. The zero-order valence-electron chi connectivity index (χ0n) is 8.96. The van der Waals surface area contributed by atoms with Gasteiger partial charge in [-0.1, -0.05) is 5.11 Å². The molecular weight excluding hydrogens is 234 g/mol. The van der Waals surface area contributed by atoms with Crippen LogP contribution in [0, 0.1) is 0 Å². The van der Waals surface area contributed by atoms with Crippen LogP contribution >= 0.6 is 0 Å². The third kappa shape index (κ3) is 3.51. The molecule has 0 saturated carbocycles. The number of aliphatic hydroxyl groups excluding tert-OH is 4. The standard InChI is InChI=1S/C8H15N3O6/c9-11-10-1-2-16-8-7(15)6(14)5(13)4(3-12)17-8/h4-8,12-15H,1-3H2/t4-,5+,6+,7+,8-/m0/s1. The SMILES string of the molecule is [N-]=[N+]=NCCO[C@H]1O[C@@H](CO)[C@@H](O)[C@@H](O)[C@H]1O. The molecule has 0 radical (unpaired) electrons. The summed E-state index contributed by atoms with van der Waals surface area (Å²) in [5.74, 6) is 0. The quantitative estimate of drug-likeness (QED) is 0.194. The van der Waals surface area contributed by atoms with E-state index in [0.29, 0.717) is 0 Å². The Kier molecular flexibility index (Phi) is 5.59. The molecule has 9 heteroatoms. The van der Waals surface area contributed by atoms with Crippen LogP contribution in [0.4, 0.5) is 0 Å². The first kappa shape index (κ1) is 14.1. The fourth-order valence-corrected chi connectivity index (χ4v) is 1.46. The van der Waals surface area contributed by atoms with Gasteiger partial charge in [-0.3, -0.25) is 0 Å². The summed E-state index contributed by atoms with van der Waals surface area (Å²) < 4.78 is 10.1. The molecule has 1 heterocycles. The normalized spacial score (nSPS) is 37.5. The van der Waals surface area contributed by atoms with Crippen LogP contribution in [0.5, 0.6) is 0 Å². The van der Waals surface area contributed by atoms with Crippen LogP contribution in [0.1, 0.15) is 0 Å². The Balaban J connectivity index is 2.50. The number of hydrogen-bond acceptors (Lipinski definition) is 7. The average Bonchev–Trinajstić information content (AvgIpc) is 2.34. The molecule has 0 spiro atoms. The van der Waals surface area contributed by atoms with Gasteiger partial charge in [-0.05, 0) is 5.53 Å². The van der Waals surface area contributed by atoms with Gasteiger partial charge in [-0.25, -0.2) is 0 Å². The molecule has 4 N–H and O–H groups in total. The van der Waals surface area contributed by atoms with E-state index in [4.69, 9.17) is 20.1 Å². The molecule has 5 atom stereocenters. The Morgan fingerprint density at radius 3 is 2.53 bits per heavy atom. The predicted molar refractivity (Wildman–Crippen MR) is 53.7 cm³/mol. The van der Waals surface area contributed by atoms with Crippen molar-refractivity contribution in [2.75, 3.05) is 19.8 Å². The van der Waals surface area contributed by atoms with E-state index in [0.717, 1.165) is 0 Å². The minimum absolute atomic E-state index is 0.00719. The van der Waals surface area contributed by atoms with Crippen molar-refractivity contribution in [2.45, 2.75) is 30.7 Å². The molecule has 0 amide bonds. The molecule has 0 aromatic heterocycles. The smallest absolute Gasteiger partial charge is 0.186 e. The van der Waals surface area contributed by atoms with Gasteiger partial charge in [0.1, 0.15) is 24.4 Å². The molecule has 0 aliphatic carbocycles. The molecule has 0 unspecified atom stereocenters. The lowest BCUT2D eigenvalue weighted by molar-refractivity contribution is -0.300. The Hall–Kier alpha value is -0.930. The summed E-state index contributed by atoms with van der Waals surface area (Å²) in [4.78, 5) is 2.51. The largest absolute Gasteiger partial charge is 0.394 e. The molecule has 1 aliphatic heterocycles. The molecule has 1 aliphatic rings. The molecule has 1 fully saturated rings. The lowest BCUT2D eigenvalue weighted by Crippen LogP contribution is -2.59. The number of aliphatic hydroxyl groups is 4. The molecule has 0 bridgehead atoms. The van der Waals surface area contributed by atoms with Crippen LogP contribution in [0.3, 0.4) is 0 Å². The van der Waals surface area contributed by atoms with Crippen molar-refractivity contribution >= 4 is 0 Å². The number of ether oxygens (including phenoxy) is 2. The van der Waals surface area contributed by atoms with E-state index in [9.17, 15) is 15.3 Å². The Morgan fingerprint density at radius 2 is 1.94 bits per heavy atom. The molecule has 1 saturated heterocycles. The van der Waals surface area contributed by atoms with Gasteiger partial charge in [0, 0.05) is 11.5 Å². The van der Waals surface area contributed by atoms with E-state index in [1.54, 1.807) is 0 Å². The summed E-state index contributed by atoms with van der Waals surface area (Å²) in [5.41, 5.74) is 8.03. The van der Waals surface area contributed by atoms with Gasteiger partial charge in [0.15, 0.2) is 6.29 Å². The van der Waals surface area contributed by atoms with Crippen LogP contribution in [0.15, 0.2) is 5.11 Å². The fourth-order valence-electron chi connectivity index (χ4n) is 1.46. The second kappa shape index (κ2) is 6.72. The number of hydrogen-bond donors (Lipinski definition) is 4. The molecule has 98 valence electrons. The van der Waals surface area contributed by atoms with Crippen LogP contribution in [-0.4, -0.2) is 70.9 Å². The molecule has 1 rings (SSSR count). The van der Waals surface area contributed by atoms with Crippen molar-refractivity contribution in [3.8, 4) is 0 Å². The van der Waals surface area contributed by atoms with Crippen LogP contribution < -0.4 is 0 Å². The van der Waals surface area contributed by atoms with Gasteiger partial charge in [0.05, 0.1) is 13.2 Å². The minimum atomic E-state index is -1.47. The summed E-state index contributed by atoms with van der Waals surface area (Å²) in [5, 5.41) is 40.5. The van der Waals surface area contributed by atoms with Crippen molar-refractivity contribution in [3.05, 3.63) is 10.4 Å². The first-order chi connectivity index (χ1) is 8.11. The third-order valence-electron chi connectivity index (χ3n) is 2.39. The summed E-state index contributed by atoms with van der Waals surface area (Å²) in [7, 11) is 0. The second-order valence-electron chi connectivity index (χ2n) is 3.52. The molecule has 17 heavy (non-hydrogen) atoms. The first-order valence-corrected chi connectivity index (χ1v) is 5.04. The highest BCUT2D eigenvalue weighted by Gasteiger charge is 2.43. The highest BCUT2D eigenvalue weighted by Crippen LogP contribution is 2.21. The lowest BCUT2D eigenvalue weighted by Gasteiger charge is -2.39. The van der Waals surface area contributed by atoms with Gasteiger partial charge in [0.25, 0.3) is 0 Å². The van der Waals surface area contributed by atoms with Gasteiger partial charge >= 0.3 is 0 Å². The van der Waals surface area contributed by atoms with Crippen molar-refractivity contribution in [3.63, 3.8) is 0 Å². The minimum Gasteiger partial charge on any atom is -0.394 e. The first-order valence-electron chi connectivity index (χ1n) is 5.04. The lowest BCUT2D eigenvalue weighted by atomic mass is 9.99. The summed E-state index contributed by atoms with van der Waals surface area (Å²) >= 11 is 0. The van der Waals surface area contributed by atoms with E-state index in [1.807, 2.05) is 0 Å². The van der Waals surface area contributed by atoms with Crippen LogP contribution in [0.2, 0.25) is 0 Å². The Morgan fingerprint density at radius 1 is 1.24 bits per heavy atom. The van der Waals surface area contributed by atoms with Crippen LogP contribution in [-0.2, 0) is 9.47 Å². The maximum Gasteiger partial charge on any atom is 0.186 e. The molecule has 9 nitrogen and oxygen atoms in total. The van der Waals surface area contributed by atoms with Gasteiger partial charge in [-0.15, -0.1) is 0 Å². The number of nitrogens with zero attached hydrogens (tertiary/aromatic N) is 3. The molecular formula is C8H15N3O6. The van der Waals surface area contributed by atoms with Gasteiger partial charge in [-0.2, -0.15) is 0 Å². The highest BCUT2D eigenvalue weighted by molar-refractivity contribution is 4.88. The molecule has 0 aromatic rings. The van der Waals surface area contributed by atoms with Crippen molar-refractivity contribution < 1.29 is 29.9 Å². The van der Waals surface area contributed by atoms with Crippen molar-refractivity contribution in [1.29, 1.82) is 0 Å². The van der Waals surface area contributed by atoms with Crippen molar-refractivity contribution in [2.24, 2.45) is 5.11 Å². The zero-order valence-corrected chi connectivity index (χ0v) is 8.96. The summed E-state index contributed by atoms with van der Waals surface area (Å²) in [6.07, 6.45) is -6.49. The van der Waals surface area contributed by atoms with Gasteiger partial charge in [0.2, 0.25) is 0 Å². The maximum atomic E-state index is 9.53. The average molecular weight is 249 g/mol. The fraction of sp³-hybridized carbons (Fsp3) is 1.00. The number of rotatable bonds is 5. The van der Waals surface area contributed by atoms with E-state index in [1.165, 1.54) is 0 Å². The van der Waals surface area contributed by atoms with Crippen LogP contribution in [0.25, 0.3) is 10.4 Å². The predicted octanol–water partition coefficient (Wildman–Crippen LogP) is -1.89. The highest BCUT2D eigenvalue weighted by atomic mass is 16.7. The number of azide groups is 1. The molecule has 0 aromatic carbocycles. The topological polar surface area (TPSA) is 148 Å². The third-order valence-corrected chi connectivity index (χ3v) is 2.39. The zero-order chi connectivity index (χ0) is 12.8. The van der Waals surface area contributed by atoms with Gasteiger partial charge < -0.3 is 29.9 Å². The Bertz CT molecular complexity index is 282. The van der Waals surface area contributed by atoms with E-state index in [-0.39, 0.29) is 13.2 Å². The van der Waals surface area contributed by atoms with Crippen molar-refractivity contribution in [1.82, 2.24) is 0 Å². The maximum absolute atomic E-state index is 9.53. The summed E-state index contributed by atoms with van der Waals surface area (Å²) in [6.45, 7) is -0.473. The van der Waals surface area contributed by atoms with E-state index < -0.39 is 37.3 Å². The van der Waals surface area contributed by atoms with E-state index in [2.05, 4.69) is 10.0 Å². The van der Waals surface area contributed by atoms with E-state index >= 15 is 0 Å².